The van der Waals surface area contributed by atoms with Crippen LogP contribution in [0.25, 0.3) is 11.3 Å². The molecule has 1 atom stereocenters. The molecule has 7 heteroatoms. The molecular weight excluding hydrogens is 302 g/mol. The first kappa shape index (κ1) is 16.0. The highest BCUT2D eigenvalue weighted by atomic mass is 32.1. The molecule has 2 rings (SSSR count). The molecule has 0 fully saturated rings. The molecule has 0 aliphatic rings. The lowest BCUT2D eigenvalue weighted by atomic mass is 10.2. The van der Waals surface area contributed by atoms with Gasteiger partial charge in [0.05, 0.1) is 10.7 Å². The number of H-pyrrole nitrogens is 1. The van der Waals surface area contributed by atoms with Gasteiger partial charge in [-0.25, -0.2) is 9.78 Å². The van der Waals surface area contributed by atoms with Crippen molar-refractivity contribution in [2.45, 2.75) is 26.3 Å². The van der Waals surface area contributed by atoms with Gasteiger partial charge in [0.15, 0.2) is 0 Å². The van der Waals surface area contributed by atoms with E-state index in [1.165, 1.54) is 11.3 Å². The summed E-state index contributed by atoms with van der Waals surface area (Å²) >= 11 is 1.53. The van der Waals surface area contributed by atoms with Gasteiger partial charge in [0, 0.05) is 17.1 Å². The zero-order valence-electron chi connectivity index (χ0n) is 12.3. The number of aromatic nitrogens is 2. The van der Waals surface area contributed by atoms with E-state index in [2.05, 4.69) is 15.3 Å². The average molecular weight is 319 g/mol. The second kappa shape index (κ2) is 7.04. The summed E-state index contributed by atoms with van der Waals surface area (Å²) < 4.78 is 0. The van der Waals surface area contributed by atoms with E-state index in [4.69, 9.17) is 5.11 Å². The fourth-order valence-electron chi connectivity index (χ4n) is 1.90. The first-order valence-electron chi connectivity index (χ1n) is 6.77. The Kier molecular flexibility index (Phi) is 5.11. The highest BCUT2D eigenvalue weighted by molar-refractivity contribution is 7.09. The van der Waals surface area contributed by atoms with Crippen LogP contribution in [0.5, 0.6) is 0 Å². The number of aliphatic carboxylic acids is 1. The molecule has 0 radical (unpaired) electrons. The summed E-state index contributed by atoms with van der Waals surface area (Å²) in [6.45, 7) is 3.71. The van der Waals surface area contributed by atoms with E-state index in [0.717, 1.165) is 16.3 Å². The van der Waals surface area contributed by atoms with Gasteiger partial charge in [-0.1, -0.05) is 12.2 Å². The number of nitrogens with zero attached hydrogens (tertiary/aromatic N) is 1. The van der Waals surface area contributed by atoms with E-state index < -0.39 is 17.9 Å². The molecule has 1 unspecified atom stereocenters. The molecule has 3 N–H and O–H groups in total. The van der Waals surface area contributed by atoms with Gasteiger partial charge in [-0.2, -0.15) is 0 Å². The summed E-state index contributed by atoms with van der Waals surface area (Å²) in [7, 11) is 0. The molecule has 1 amide bonds. The van der Waals surface area contributed by atoms with Crippen LogP contribution < -0.4 is 5.32 Å². The van der Waals surface area contributed by atoms with Crippen molar-refractivity contribution in [3.63, 3.8) is 0 Å². The lowest BCUT2D eigenvalue weighted by molar-refractivity contribution is -0.139. The van der Waals surface area contributed by atoms with Gasteiger partial charge in [0.2, 0.25) is 0 Å². The molecule has 2 aromatic heterocycles. The van der Waals surface area contributed by atoms with Crippen molar-refractivity contribution in [2.24, 2.45) is 0 Å². The van der Waals surface area contributed by atoms with Crippen LogP contribution in [0, 0.1) is 6.92 Å². The van der Waals surface area contributed by atoms with Gasteiger partial charge >= 0.3 is 5.97 Å². The number of hydrogen-bond acceptors (Lipinski definition) is 4. The number of carboxylic acids is 1. The third-order valence-corrected chi connectivity index (χ3v) is 3.83. The number of hydrogen-bond donors (Lipinski definition) is 3. The Morgan fingerprint density at radius 2 is 2.32 bits per heavy atom. The van der Waals surface area contributed by atoms with Crippen LogP contribution in [-0.2, 0) is 4.79 Å². The topological polar surface area (TPSA) is 95.1 Å². The molecule has 22 heavy (non-hydrogen) atoms. The number of allylic oxidation sites excluding steroid dienone is 1. The maximum atomic E-state index is 12.1. The van der Waals surface area contributed by atoms with Crippen molar-refractivity contribution >= 4 is 23.2 Å². The van der Waals surface area contributed by atoms with E-state index in [-0.39, 0.29) is 6.42 Å². The monoisotopic (exact) mass is 319 g/mol. The Balaban J connectivity index is 2.09. The maximum absolute atomic E-state index is 12.1. The third-order valence-electron chi connectivity index (χ3n) is 3.05. The number of thiazole rings is 1. The van der Waals surface area contributed by atoms with E-state index in [0.29, 0.717) is 5.69 Å². The van der Waals surface area contributed by atoms with Crippen molar-refractivity contribution < 1.29 is 14.7 Å². The summed E-state index contributed by atoms with van der Waals surface area (Å²) in [5.41, 5.74) is 1.91. The quantitative estimate of drug-likeness (QED) is 0.713. The molecule has 2 heterocycles. The first-order chi connectivity index (χ1) is 10.5. The van der Waals surface area contributed by atoms with E-state index >= 15 is 0 Å². The van der Waals surface area contributed by atoms with Crippen molar-refractivity contribution in [1.82, 2.24) is 15.3 Å². The van der Waals surface area contributed by atoms with Gasteiger partial charge in [-0.3, -0.25) is 4.79 Å². The summed E-state index contributed by atoms with van der Waals surface area (Å²) in [4.78, 5) is 30.5. The largest absolute Gasteiger partial charge is 0.480 e. The zero-order chi connectivity index (χ0) is 16.1. The highest BCUT2D eigenvalue weighted by Crippen LogP contribution is 2.22. The average Bonchev–Trinajstić information content (AvgIpc) is 3.11. The Labute approximate surface area is 131 Å². The maximum Gasteiger partial charge on any atom is 0.326 e. The summed E-state index contributed by atoms with van der Waals surface area (Å²) in [6, 6.07) is 0.718. The van der Waals surface area contributed by atoms with E-state index in [1.807, 2.05) is 12.3 Å². The summed E-state index contributed by atoms with van der Waals surface area (Å²) in [5.74, 6) is -1.51. The molecule has 116 valence electrons. The molecule has 2 aromatic rings. The van der Waals surface area contributed by atoms with Crippen LogP contribution in [0.3, 0.4) is 0 Å². The SMILES string of the molecule is C/C=C/CC(NC(=O)c1cc(-c2csc(C)n2)c[nH]1)C(=O)O. The van der Waals surface area contributed by atoms with Crippen molar-refractivity contribution in [3.05, 3.63) is 40.5 Å². The van der Waals surface area contributed by atoms with Gasteiger partial charge in [0.1, 0.15) is 11.7 Å². The number of carboxylic acid groups (broad SMARTS) is 1. The molecule has 0 saturated carbocycles. The Hall–Kier alpha value is -2.41. The predicted molar refractivity (Wildman–Crippen MR) is 85.0 cm³/mol. The molecule has 0 spiro atoms. The van der Waals surface area contributed by atoms with Crippen molar-refractivity contribution in [3.8, 4) is 11.3 Å². The summed E-state index contributed by atoms with van der Waals surface area (Å²) in [5, 5.41) is 14.5. The number of carbonyl (C=O) groups excluding carboxylic acids is 1. The Morgan fingerprint density at radius 3 is 2.91 bits per heavy atom. The number of nitrogens with one attached hydrogen (secondary N) is 2. The van der Waals surface area contributed by atoms with E-state index in [1.54, 1.807) is 31.3 Å². The zero-order valence-corrected chi connectivity index (χ0v) is 13.1. The molecule has 0 aromatic carbocycles. The minimum Gasteiger partial charge on any atom is -0.480 e. The van der Waals surface area contributed by atoms with Crippen molar-refractivity contribution in [2.75, 3.05) is 0 Å². The molecule has 0 saturated heterocycles. The van der Waals surface area contributed by atoms with Crippen LogP contribution in [-0.4, -0.2) is 33.0 Å². The standard InChI is InChI=1S/C15H17N3O3S/c1-3-4-5-11(15(20)21)18-14(19)12-6-10(7-16-12)13-8-22-9(2)17-13/h3-4,6-8,11,16H,5H2,1-2H3,(H,18,19)(H,20,21)/b4-3+. The fourth-order valence-corrected chi connectivity index (χ4v) is 2.52. The molecule has 0 bridgehead atoms. The van der Waals surface area contributed by atoms with Crippen LogP contribution in [0.1, 0.15) is 28.8 Å². The number of aromatic amines is 1. The smallest absolute Gasteiger partial charge is 0.326 e. The predicted octanol–water partition coefficient (Wildman–Crippen LogP) is 2.60. The molecule has 0 aliphatic heterocycles. The van der Waals surface area contributed by atoms with Crippen LogP contribution in [0.4, 0.5) is 0 Å². The second-order valence-corrected chi connectivity index (χ2v) is 5.79. The lowest BCUT2D eigenvalue weighted by Gasteiger charge is -2.11. The minimum atomic E-state index is -1.06. The van der Waals surface area contributed by atoms with Crippen LogP contribution >= 0.6 is 11.3 Å². The Bertz CT molecular complexity index is 702. The highest BCUT2D eigenvalue weighted by Gasteiger charge is 2.20. The second-order valence-electron chi connectivity index (χ2n) is 4.72. The van der Waals surface area contributed by atoms with Crippen LogP contribution in [0.2, 0.25) is 0 Å². The normalized spacial score (nSPS) is 12.5. The first-order valence-corrected chi connectivity index (χ1v) is 7.65. The van der Waals surface area contributed by atoms with Gasteiger partial charge in [0.25, 0.3) is 5.91 Å². The number of amides is 1. The summed E-state index contributed by atoms with van der Waals surface area (Å²) in [6.07, 6.45) is 5.39. The number of aryl methyl sites for hydroxylation is 1. The number of rotatable bonds is 6. The minimum absolute atomic E-state index is 0.246. The van der Waals surface area contributed by atoms with Crippen LogP contribution in [0.15, 0.2) is 29.8 Å². The fraction of sp³-hybridized carbons (Fsp3) is 0.267. The molecular formula is C15H17N3O3S. The van der Waals surface area contributed by atoms with Crippen molar-refractivity contribution in [1.29, 1.82) is 0 Å². The third kappa shape index (κ3) is 3.82. The lowest BCUT2D eigenvalue weighted by Crippen LogP contribution is -2.40. The van der Waals surface area contributed by atoms with Gasteiger partial charge in [-0.05, 0) is 26.3 Å². The number of carbonyl (C=O) groups is 2. The van der Waals surface area contributed by atoms with Gasteiger partial charge < -0.3 is 15.4 Å². The van der Waals surface area contributed by atoms with Gasteiger partial charge in [-0.15, -0.1) is 11.3 Å². The Morgan fingerprint density at radius 1 is 1.55 bits per heavy atom. The molecule has 0 aliphatic carbocycles. The van der Waals surface area contributed by atoms with E-state index in [9.17, 15) is 9.59 Å². The molecule has 6 nitrogen and oxygen atoms in total.